The number of benzene rings is 1. The highest BCUT2D eigenvalue weighted by atomic mass is 16.6. The van der Waals surface area contributed by atoms with Gasteiger partial charge in [-0.15, -0.1) is 0 Å². The number of ketones is 1. The molecule has 6 nitrogen and oxygen atoms in total. The molecule has 6 heteroatoms. The predicted molar refractivity (Wildman–Crippen MR) is 152 cm³/mol. The Morgan fingerprint density at radius 1 is 1.20 bits per heavy atom. The zero-order valence-corrected chi connectivity index (χ0v) is 25.3. The SMILES string of the molecule is CO[C@]12CC[C@@]3(C[C@@H]1[C@](C)(O)C(C)(C)C)[C@@H]1N(CC4CC4)CC14C[C@@]31c3c4ccc(OCCCC(C)=O)c3O[C@@H]21. The first kappa shape index (κ1) is 26.0. The molecule has 2 heterocycles. The molecule has 6 aliphatic carbocycles. The molecule has 2 aliphatic heterocycles. The van der Waals surface area contributed by atoms with Crippen LogP contribution < -0.4 is 9.47 Å². The number of fused-ring (bicyclic) bond motifs is 2. The maximum atomic E-state index is 12.4. The summed E-state index contributed by atoms with van der Waals surface area (Å²) in [6.45, 7) is 13.1. The van der Waals surface area contributed by atoms with Gasteiger partial charge in [0.25, 0.3) is 0 Å². The second-order valence-corrected chi connectivity index (χ2v) is 16.0. The molecule has 9 rings (SSSR count). The molecular formula is C34H47NO5. The minimum absolute atomic E-state index is 0.0214. The van der Waals surface area contributed by atoms with Crippen molar-refractivity contribution in [3.8, 4) is 11.5 Å². The van der Waals surface area contributed by atoms with Crippen LogP contribution in [0.1, 0.15) is 97.1 Å². The lowest BCUT2D eigenvalue weighted by atomic mass is 9.37. The number of methoxy groups -OCH3 is 1. The van der Waals surface area contributed by atoms with Crippen LogP contribution in [-0.4, -0.2) is 65.9 Å². The zero-order chi connectivity index (χ0) is 28.1. The molecule has 40 heavy (non-hydrogen) atoms. The van der Waals surface area contributed by atoms with E-state index in [1.165, 1.54) is 30.5 Å². The lowest BCUT2D eigenvalue weighted by molar-refractivity contribution is -0.296. The fourth-order valence-corrected chi connectivity index (χ4v) is 11.3. The molecule has 5 saturated carbocycles. The predicted octanol–water partition coefficient (Wildman–Crippen LogP) is 5.17. The van der Waals surface area contributed by atoms with Crippen LogP contribution >= 0.6 is 0 Å². The van der Waals surface area contributed by atoms with Crippen LogP contribution in [0.2, 0.25) is 0 Å². The molecule has 3 spiro atoms. The van der Waals surface area contributed by atoms with Gasteiger partial charge in [-0.1, -0.05) is 26.8 Å². The molecule has 0 amide bonds. The summed E-state index contributed by atoms with van der Waals surface area (Å²) in [5.74, 6) is 2.79. The number of aliphatic hydroxyl groups is 1. The van der Waals surface area contributed by atoms with E-state index in [2.05, 4.69) is 44.7 Å². The number of Topliss-reactive ketones (excluding diaryl/α,β-unsaturated/α-hetero) is 1. The quantitative estimate of drug-likeness (QED) is 0.429. The van der Waals surface area contributed by atoms with Crippen LogP contribution in [0.25, 0.3) is 0 Å². The molecule has 1 aromatic carbocycles. The van der Waals surface area contributed by atoms with Crippen molar-refractivity contribution < 1.29 is 24.1 Å². The maximum Gasteiger partial charge on any atom is 0.166 e. The van der Waals surface area contributed by atoms with Gasteiger partial charge >= 0.3 is 0 Å². The van der Waals surface area contributed by atoms with E-state index in [4.69, 9.17) is 14.2 Å². The van der Waals surface area contributed by atoms with Gasteiger partial charge in [-0.2, -0.15) is 0 Å². The highest BCUT2D eigenvalue weighted by molar-refractivity contribution is 5.75. The monoisotopic (exact) mass is 549 g/mol. The van der Waals surface area contributed by atoms with E-state index in [0.717, 1.165) is 49.6 Å². The zero-order valence-electron chi connectivity index (χ0n) is 25.3. The topological polar surface area (TPSA) is 68.2 Å². The molecule has 8 atom stereocenters. The summed E-state index contributed by atoms with van der Waals surface area (Å²) in [6.07, 6.45) is 8.05. The molecular weight excluding hydrogens is 502 g/mol. The first-order chi connectivity index (χ1) is 18.9. The second kappa shape index (κ2) is 7.65. The molecule has 4 bridgehead atoms. The van der Waals surface area contributed by atoms with Gasteiger partial charge in [-0.3, -0.25) is 4.90 Å². The van der Waals surface area contributed by atoms with Gasteiger partial charge in [0.15, 0.2) is 11.5 Å². The van der Waals surface area contributed by atoms with Crippen molar-refractivity contribution in [1.29, 1.82) is 0 Å². The van der Waals surface area contributed by atoms with Crippen LogP contribution in [0.15, 0.2) is 12.1 Å². The highest BCUT2D eigenvalue weighted by Gasteiger charge is 2.91. The second-order valence-electron chi connectivity index (χ2n) is 16.0. The van der Waals surface area contributed by atoms with E-state index in [1.54, 1.807) is 6.92 Å². The molecule has 0 radical (unpaired) electrons. The molecule has 218 valence electrons. The van der Waals surface area contributed by atoms with E-state index in [9.17, 15) is 9.90 Å². The van der Waals surface area contributed by atoms with Crippen LogP contribution in [0.3, 0.4) is 0 Å². The van der Waals surface area contributed by atoms with Crippen molar-refractivity contribution in [1.82, 2.24) is 4.90 Å². The number of rotatable bonds is 9. The number of ether oxygens (including phenoxy) is 3. The summed E-state index contributed by atoms with van der Waals surface area (Å²) < 4.78 is 20.3. The van der Waals surface area contributed by atoms with Crippen LogP contribution in [0, 0.1) is 22.7 Å². The molecule has 1 N–H and O–H groups in total. The minimum atomic E-state index is -0.912. The molecule has 8 aliphatic rings. The van der Waals surface area contributed by atoms with Crippen LogP contribution in [-0.2, 0) is 20.4 Å². The van der Waals surface area contributed by atoms with Crippen molar-refractivity contribution in [2.24, 2.45) is 22.7 Å². The van der Waals surface area contributed by atoms with Crippen molar-refractivity contribution in [3.05, 3.63) is 23.3 Å². The fourth-order valence-electron chi connectivity index (χ4n) is 11.3. The number of likely N-dealkylation sites (tertiary alicyclic amines) is 1. The van der Waals surface area contributed by atoms with Gasteiger partial charge in [-0.25, -0.2) is 0 Å². The Morgan fingerprint density at radius 3 is 2.65 bits per heavy atom. The van der Waals surface area contributed by atoms with Crippen molar-refractivity contribution in [3.63, 3.8) is 0 Å². The third kappa shape index (κ3) is 2.72. The molecule has 1 aromatic rings. The Morgan fingerprint density at radius 2 is 1.98 bits per heavy atom. The Balaban J connectivity index is 1.29. The summed E-state index contributed by atoms with van der Waals surface area (Å²) in [7, 11) is 1.86. The number of carbonyl (C=O) groups excluding carboxylic acids is 1. The van der Waals surface area contributed by atoms with Crippen LogP contribution in [0.4, 0.5) is 0 Å². The van der Waals surface area contributed by atoms with Crippen molar-refractivity contribution in [2.45, 2.75) is 120 Å². The summed E-state index contributed by atoms with van der Waals surface area (Å²) in [6, 6.07) is 5.02. The standard InChI is InChI=1S/C34H47NO5/c1-20(36)8-7-15-39-23-12-11-22-25-26(23)40-28-33(25)18-31(22)19-35(17-21-9-10-21)27(31)32(33)13-14-34(28,38-6)24(16-32)30(5,37)29(2,3)4/h11-12,21,24,27-28,37H,7-10,13-19H2,1-6H3/t24-,27-,28-,30+,31?,32-,33+,34-/m1/s1. The minimum Gasteiger partial charge on any atom is -0.490 e. The van der Waals surface area contributed by atoms with Gasteiger partial charge in [0, 0.05) is 60.4 Å². The van der Waals surface area contributed by atoms with E-state index in [0.29, 0.717) is 25.5 Å². The number of nitrogens with zero attached hydrogens (tertiary/aromatic N) is 1. The summed E-state index contributed by atoms with van der Waals surface area (Å²) in [5, 5.41) is 12.4. The third-order valence-electron chi connectivity index (χ3n) is 13.4. The van der Waals surface area contributed by atoms with Crippen molar-refractivity contribution in [2.75, 3.05) is 26.8 Å². The Labute approximate surface area is 239 Å². The van der Waals surface area contributed by atoms with E-state index < -0.39 is 11.2 Å². The largest absolute Gasteiger partial charge is 0.490 e. The van der Waals surface area contributed by atoms with Gasteiger partial charge in [0.2, 0.25) is 0 Å². The molecule has 1 unspecified atom stereocenters. The highest BCUT2D eigenvalue weighted by Crippen LogP contribution is 2.86. The molecule has 1 saturated heterocycles. The maximum absolute atomic E-state index is 12.4. The van der Waals surface area contributed by atoms with Crippen molar-refractivity contribution >= 4 is 5.78 Å². The Bertz CT molecular complexity index is 1300. The van der Waals surface area contributed by atoms with Gasteiger partial charge in [-0.05, 0) is 81.8 Å². The van der Waals surface area contributed by atoms with Crippen LogP contribution in [0.5, 0.6) is 11.5 Å². The Hall–Kier alpha value is -1.63. The first-order valence-electron chi connectivity index (χ1n) is 15.9. The van der Waals surface area contributed by atoms with Gasteiger partial charge in [0.05, 0.1) is 12.2 Å². The number of hydrogen-bond acceptors (Lipinski definition) is 6. The molecule has 6 fully saturated rings. The first-order valence-corrected chi connectivity index (χ1v) is 15.9. The average molecular weight is 550 g/mol. The summed E-state index contributed by atoms with van der Waals surface area (Å²) in [4.78, 5) is 14.4. The lowest BCUT2D eigenvalue weighted by Crippen LogP contribution is -2.81. The van der Waals surface area contributed by atoms with Gasteiger partial charge < -0.3 is 24.1 Å². The number of hydrogen-bond donors (Lipinski definition) is 1. The van der Waals surface area contributed by atoms with E-state index in [1.807, 2.05) is 7.11 Å². The Kier molecular flexibility index (Phi) is 4.98. The number of carbonyl (C=O) groups is 1. The van der Waals surface area contributed by atoms with E-state index >= 15 is 0 Å². The normalized spacial score (nSPS) is 43.1. The fraction of sp³-hybridized carbons (Fsp3) is 0.794. The molecule has 0 aromatic heterocycles. The van der Waals surface area contributed by atoms with E-state index in [-0.39, 0.29) is 39.5 Å². The smallest absolute Gasteiger partial charge is 0.166 e. The average Bonchev–Trinajstić information content (AvgIpc) is 3.49. The summed E-state index contributed by atoms with van der Waals surface area (Å²) in [5.41, 5.74) is 1.28. The lowest BCUT2D eigenvalue weighted by Gasteiger charge is -2.72. The summed E-state index contributed by atoms with van der Waals surface area (Å²) >= 11 is 0. The third-order valence-corrected chi connectivity index (χ3v) is 13.4. The van der Waals surface area contributed by atoms with Gasteiger partial charge in [0.1, 0.15) is 17.5 Å².